The van der Waals surface area contributed by atoms with E-state index in [1.165, 1.54) is 123 Å². The van der Waals surface area contributed by atoms with Crippen LogP contribution in [0.3, 0.4) is 0 Å². The molecule has 0 aliphatic carbocycles. The van der Waals surface area contributed by atoms with Gasteiger partial charge >= 0.3 is 8.60 Å². The van der Waals surface area contributed by atoms with Crippen LogP contribution in [0.4, 0.5) is 5.82 Å². The average molecular weight is 620 g/mol. The third-order valence-electron chi connectivity index (χ3n) is 8.30. The summed E-state index contributed by atoms with van der Waals surface area (Å²) in [5, 5.41) is 14.0. The summed E-state index contributed by atoms with van der Waals surface area (Å²) in [6.07, 6.45) is 27.7. The zero-order valence-electron chi connectivity index (χ0n) is 27.0. The topological polar surface area (TPSA) is 128 Å². The lowest BCUT2D eigenvalue weighted by molar-refractivity contribution is -0.0108. The summed E-state index contributed by atoms with van der Waals surface area (Å²) in [7, 11) is -0.590. The maximum atomic E-state index is 10.2. The fraction of sp³-hybridized carbons (Fsp3) is 0.788. The van der Waals surface area contributed by atoms with Crippen LogP contribution in [0.5, 0.6) is 0 Å². The number of hydrogen-bond acceptors (Lipinski definition) is 8. The number of methoxy groups -OCH3 is 1. The quantitative estimate of drug-likeness (QED) is 0.0714. The smallest absolute Gasteiger partial charge is 0.329 e. The number of unbranched alkanes of at least 4 members (excludes halogenated alkanes) is 18. The zero-order valence-corrected chi connectivity index (χ0v) is 27.9. The fourth-order valence-electron chi connectivity index (χ4n) is 5.41. The Balaban J connectivity index is 1.42. The molecule has 0 radical (unpaired) electrons. The number of aryl methyl sites for hydroxylation is 1. The number of aromatic nitrogens is 3. The van der Waals surface area contributed by atoms with Gasteiger partial charge in [0.15, 0.2) is 11.4 Å². The number of nitrogen functional groups attached to an aromatic ring is 1. The van der Waals surface area contributed by atoms with Gasteiger partial charge in [-0.1, -0.05) is 122 Å². The van der Waals surface area contributed by atoms with E-state index in [0.29, 0.717) is 25.3 Å². The van der Waals surface area contributed by atoms with E-state index in [-0.39, 0.29) is 6.61 Å². The van der Waals surface area contributed by atoms with Crippen molar-refractivity contribution in [3.05, 3.63) is 24.2 Å². The number of nitriles is 1. The number of rotatable bonds is 28. The fourth-order valence-corrected chi connectivity index (χ4v) is 6.09. The predicted octanol–water partition coefficient (Wildman–Crippen LogP) is 8.84. The minimum absolute atomic E-state index is 0.0815. The standard InChI is InChI=1S/C33H58N5O4P/c1-3-4-5-6-7-8-9-10-11-12-13-14-15-16-17-18-19-20-21-26-41-43(39)42-28-33(27-34,40-2)25-24-30-22-23-31-32(35)36-29-37-38(30)31/h22-23,29,39H,3-21,24-26,28H2,1-2H3,(H2,35,36,37). The number of nitrogens with two attached hydrogens (primary N) is 1. The summed E-state index contributed by atoms with van der Waals surface area (Å²) >= 11 is 0. The number of fused-ring (bicyclic) bond motifs is 1. The summed E-state index contributed by atoms with van der Waals surface area (Å²) < 4.78 is 18.2. The molecule has 0 fully saturated rings. The van der Waals surface area contributed by atoms with Crippen LogP contribution in [0, 0.1) is 11.3 Å². The molecule has 2 rings (SSSR count). The molecule has 2 unspecified atom stereocenters. The van der Waals surface area contributed by atoms with Gasteiger partial charge in [-0.3, -0.25) is 0 Å². The Bertz CT molecular complexity index is 1020. The second kappa shape index (κ2) is 23.5. The largest absolute Gasteiger partial charge is 0.382 e. The second-order valence-corrected chi connectivity index (χ2v) is 12.8. The lowest BCUT2D eigenvalue weighted by atomic mass is 9.99. The molecule has 2 atom stereocenters. The average Bonchev–Trinajstić information content (AvgIpc) is 3.45. The third-order valence-corrected chi connectivity index (χ3v) is 9.05. The molecule has 0 bridgehead atoms. The van der Waals surface area contributed by atoms with Gasteiger partial charge in [0.25, 0.3) is 0 Å². The van der Waals surface area contributed by atoms with Gasteiger partial charge in [-0.2, -0.15) is 10.4 Å². The van der Waals surface area contributed by atoms with Crippen LogP contribution < -0.4 is 5.73 Å². The van der Waals surface area contributed by atoms with Gasteiger partial charge in [-0.15, -0.1) is 0 Å². The first-order valence-corrected chi connectivity index (χ1v) is 18.0. The molecule has 2 heterocycles. The summed E-state index contributed by atoms with van der Waals surface area (Å²) in [6, 6.07) is 5.96. The van der Waals surface area contributed by atoms with Gasteiger partial charge in [0, 0.05) is 12.8 Å². The van der Waals surface area contributed by atoms with Gasteiger partial charge in [0.05, 0.1) is 13.2 Å². The molecule has 43 heavy (non-hydrogen) atoms. The maximum absolute atomic E-state index is 10.2. The highest BCUT2D eigenvalue weighted by Crippen LogP contribution is 2.35. The van der Waals surface area contributed by atoms with Gasteiger partial charge in [-0.05, 0) is 31.4 Å². The van der Waals surface area contributed by atoms with Crippen molar-refractivity contribution in [3.8, 4) is 6.07 Å². The van der Waals surface area contributed by atoms with Crippen LogP contribution in [0.15, 0.2) is 18.5 Å². The zero-order chi connectivity index (χ0) is 31.0. The Labute approximate surface area is 261 Å². The number of ether oxygens (including phenoxy) is 1. The summed E-state index contributed by atoms with van der Waals surface area (Å²) in [4.78, 5) is 14.2. The van der Waals surface area contributed by atoms with Crippen molar-refractivity contribution in [3.63, 3.8) is 0 Å². The van der Waals surface area contributed by atoms with Crippen molar-refractivity contribution >= 4 is 19.9 Å². The van der Waals surface area contributed by atoms with E-state index in [1.807, 2.05) is 12.1 Å². The first-order chi connectivity index (χ1) is 21.0. The summed E-state index contributed by atoms with van der Waals surface area (Å²) in [5.74, 6) is 0.399. The Morgan fingerprint density at radius 1 is 0.860 bits per heavy atom. The van der Waals surface area contributed by atoms with Crippen LogP contribution in [0.2, 0.25) is 0 Å². The predicted molar refractivity (Wildman–Crippen MR) is 176 cm³/mol. The first kappa shape index (κ1) is 37.4. The van der Waals surface area contributed by atoms with E-state index in [0.717, 1.165) is 24.1 Å². The molecule has 0 aliphatic rings. The third kappa shape index (κ3) is 15.6. The highest BCUT2D eigenvalue weighted by molar-refractivity contribution is 7.40. The van der Waals surface area contributed by atoms with Crippen LogP contribution >= 0.6 is 8.60 Å². The molecular formula is C33H58N5O4P. The van der Waals surface area contributed by atoms with Crippen molar-refractivity contribution in [1.82, 2.24) is 14.6 Å². The number of hydrogen-bond donors (Lipinski definition) is 2. The Morgan fingerprint density at radius 2 is 1.40 bits per heavy atom. The Kier molecular flexibility index (Phi) is 20.5. The molecule has 3 N–H and O–H groups in total. The van der Waals surface area contributed by atoms with E-state index in [1.54, 1.807) is 4.52 Å². The van der Waals surface area contributed by atoms with Crippen LogP contribution in [0.1, 0.15) is 141 Å². The molecule has 0 aromatic carbocycles. The molecule has 0 saturated carbocycles. The molecule has 0 saturated heterocycles. The molecule has 244 valence electrons. The van der Waals surface area contributed by atoms with Crippen LogP contribution in [0.25, 0.3) is 5.52 Å². The molecule has 0 aliphatic heterocycles. The van der Waals surface area contributed by atoms with Crippen LogP contribution in [-0.2, 0) is 20.2 Å². The van der Waals surface area contributed by atoms with E-state index in [4.69, 9.17) is 19.5 Å². The SMILES string of the molecule is CCCCCCCCCCCCCCCCCCCCCOP(O)OCC(C#N)(CCc1ccc2c(N)ncnn12)OC. The minimum Gasteiger partial charge on any atom is -0.382 e. The lowest BCUT2D eigenvalue weighted by Gasteiger charge is -2.25. The van der Waals surface area contributed by atoms with Gasteiger partial charge in [0.2, 0.25) is 0 Å². The molecule has 0 spiro atoms. The highest BCUT2D eigenvalue weighted by atomic mass is 31.2. The maximum Gasteiger partial charge on any atom is 0.329 e. The second-order valence-electron chi connectivity index (χ2n) is 11.8. The van der Waals surface area contributed by atoms with Crippen molar-refractivity contribution < 1.29 is 18.7 Å². The highest BCUT2D eigenvalue weighted by Gasteiger charge is 2.32. The van der Waals surface area contributed by atoms with E-state index in [2.05, 4.69) is 23.1 Å². The Morgan fingerprint density at radius 3 is 1.91 bits per heavy atom. The lowest BCUT2D eigenvalue weighted by Crippen LogP contribution is -2.35. The Hall–Kier alpha value is -1.82. The normalized spacial score (nSPS) is 13.7. The van der Waals surface area contributed by atoms with Crippen molar-refractivity contribution in [2.75, 3.05) is 26.1 Å². The molecule has 9 nitrogen and oxygen atoms in total. The monoisotopic (exact) mass is 619 g/mol. The van der Waals surface area contributed by atoms with Crippen LogP contribution in [-0.4, -0.2) is 45.4 Å². The van der Waals surface area contributed by atoms with Gasteiger partial charge < -0.3 is 24.4 Å². The summed E-state index contributed by atoms with van der Waals surface area (Å²) in [5.41, 5.74) is 6.30. The number of nitrogens with zero attached hydrogens (tertiary/aromatic N) is 4. The summed E-state index contributed by atoms with van der Waals surface area (Å²) in [6.45, 7) is 2.65. The molecule has 0 amide bonds. The number of anilines is 1. The van der Waals surface area contributed by atoms with Crippen molar-refractivity contribution in [2.24, 2.45) is 0 Å². The first-order valence-electron chi connectivity index (χ1n) is 16.8. The molecular weight excluding hydrogens is 561 g/mol. The van der Waals surface area contributed by atoms with Gasteiger partial charge in [-0.25, -0.2) is 9.50 Å². The van der Waals surface area contributed by atoms with E-state index >= 15 is 0 Å². The molecule has 2 aromatic heterocycles. The van der Waals surface area contributed by atoms with E-state index < -0.39 is 14.2 Å². The van der Waals surface area contributed by atoms with E-state index in [9.17, 15) is 10.2 Å². The minimum atomic E-state index is -2.06. The van der Waals surface area contributed by atoms with Gasteiger partial charge in [0.1, 0.15) is 17.9 Å². The molecule has 10 heteroatoms. The van der Waals surface area contributed by atoms with Crippen molar-refractivity contribution in [1.29, 1.82) is 5.26 Å². The molecule has 2 aromatic rings. The van der Waals surface area contributed by atoms with Crippen molar-refractivity contribution in [2.45, 2.75) is 147 Å².